The number of nitrogens with one attached hydrogen (secondary N) is 3. The first-order valence-electron chi connectivity index (χ1n) is 15.5. The first-order valence-corrected chi connectivity index (χ1v) is 17.3. The first-order chi connectivity index (χ1) is 23.9. The molecule has 0 saturated heterocycles. The van der Waals surface area contributed by atoms with E-state index in [2.05, 4.69) is 20.9 Å². The van der Waals surface area contributed by atoms with Crippen molar-refractivity contribution in [1.82, 2.24) is 10.3 Å². The van der Waals surface area contributed by atoms with Gasteiger partial charge in [0.2, 0.25) is 5.91 Å². The molecule has 0 fully saturated rings. The van der Waals surface area contributed by atoms with Crippen LogP contribution in [0.5, 0.6) is 0 Å². The third kappa shape index (κ3) is 8.98. The molecule has 0 aliphatic rings. The number of thiazole rings is 1. The largest absolute Gasteiger partial charge is 0.321 e. The van der Waals surface area contributed by atoms with Gasteiger partial charge in [-0.3, -0.25) is 14.4 Å². The summed E-state index contributed by atoms with van der Waals surface area (Å²) in [6, 6.07) is 43.6. The van der Waals surface area contributed by atoms with E-state index < -0.39 is 11.8 Å². The highest BCUT2D eigenvalue weighted by molar-refractivity contribution is 8.00. The third-order valence-corrected chi connectivity index (χ3v) is 9.33. The Balaban J connectivity index is 1.11. The minimum absolute atomic E-state index is 0.0997. The molecule has 0 spiro atoms. The normalized spacial score (nSPS) is 11.7. The number of thioether (sulfide) groups is 1. The van der Waals surface area contributed by atoms with Crippen molar-refractivity contribution in [3.63, 3.8) is 0 Å². The number of aromatic nitrogens is 1. The second-order valence-electron chi connectivity index (χ2n) is 11.0. The quantitative estimate of drug-likeness (QED) is 0.0937. The van der Waals surface area contributed by atoms with E-state index in [1.165, 1.54) is 23.1 Å². The number of nitrogens with zero attached hydrogens (tertiary/aromatic N) is 1. The molecule has 1 heterocycles. The van der Waals surface area contributed by atoms with E-state index >= 15 is 0 Å². The summed E-state index contributed by atoms with van der Waals surface area (Å²) in [5, 5.41) is 10.7. The topological polar surface area (TPSA) is 100 Å². The van der Waals surface area contributed by atoms with Gasteiger partial charge in [0.05, 0.1) is 10.9 Å². The van der Waals surface area contributed by atoms with Crippen molar-refractivity contribution in [2.75, 3.05) is 10.6 Å². The fraction of sp³-hybridized carbons (Fsp3) is 0.0500. The molecule has 9 heteroatoms. The van der Waals surface area contributed by atoms with Gasteiger partial charge in [-0.05, 0) is 66.1 Å². The molecule has 1 unspecified atom stereocenters. The number of hydrogen-bond donors (Lipinski definition) is 3. The van der Waals surface area contributed by atoms with E-state index in [1.807, 2.05) is 115 Å². The zero-order valence-electron chi connectivity index (χ0n) is 26.5. The van der Waals surface area contributed by atoms with E-state index in [9.17, 15) is 14.4 Å². The SMILES string of the molecule is CC(Sc1ccc(NC(=O)/C(=C/c2ccc(-c3ccccc3)cc2)NC(=O)c2ccccc2)cc1)C(=O)Nc1nc(-c2ccccc2)cs1. The predicted molar refractivity (Wildman–Crippen MR) is 200 cm³/mol. The number of rotatable bonds is 11. The Hall–Kier alpha value is -5.77. The minimum Gasteiger partial charge on any atom is -0.321 e. The molecule has 1 aromatic heterocycles. The van der Waals surface area contributed by atoms with Gasteiger partial charge in [0, 0.05) is 27.1 Å². The van der Waals surface area contributed by atoms with E-state index in [1.54, 1.807) is 42.5 Å². The van der Waals surface area contributed by atoms with Crippen LogP contribution < -0.4 is 16.0 Å². The van der Waals surface area contributed by atoms with Crippen LogP contribution >= 0.6 is 23.1 Å². The third-order valence-electron chi connectivity index (χ3n) is 7.46. The van der Waals surface area contributed by atoms with Gasteiger partial charge in [0.25, 0.3) is 11.8 Å². The van der Waals surface area contributed by atoms with Gasteiger partial charge in [-0.25, -0.2) is 4.98 Å². The number of carbonyl (C=O) groups is 3. The summed E-state index contributed by atoms with van der Waals surface area (Å²) >= 11 is 2.78. The highest BCUT2D eigenvalue weighted by Gasteiger charge is 2.18. The molecular weight excluding hydrogens is 649 g/mol. The molecule has 242 valence electrons. The minimum atomic E-state index is -0.470. The van der Waals surface area contributed by atoms with Gasteiger partial charge >= 0.3 is 0 Å². The van der Waals surface area contributed by atoms with Crippen LogP contribution in [-0.4, -0.2) is 28.0 Å². The molecule has 3 amide bonds. The van der Waals surface area contributed by atoms with Gasteiger partial charge in [-0.2, -0.15) is 0 Å². The molecule has 3 N–H and O–H groups in total. The molecule has 6 rings (SSSR count). The van der Waals surface area contributed by atoms with Gasteiger partial charge in [0.15, 0.2) is 5.13 Å². The van der Waals surface area contributed by atoms with Crippen molar-refractivity contribution < 1.29 is 14.4 Å². The molecule has 0 bridgehead atoms. The van der Waals surface area contributed by atoms with Crippen molar-refractivity contribution in [3.8, 4) is 22.4 Å². The van der Waals surface area contributed by atoms with Crippen LogP contribution in [0, 0.1) is 0 Å². The van der Waals surface area contributed by atoms with Crippen molar-refractivity contribution in [2.24, 2.45) is 0 Å². The molecule has 0 saturated carbocycles. The molecule has 49 heavy (non-hydrogen) atoms. The van der Waals surface area contributed by atoms with Crippen molar-refractivity contribution in [3.05, 3.63) is 162 Å². The fourth-order valence-electron chi connectivity index (χ4n) is 4.86. The summed E-state index contributed by atoms with van der Waals surface area (Å²) in [7, 11) is 0. The second kappa shape index (κ2) is 15.9. The molecular formula is C40H32N4O3S2. The number of anilines is 2. The molecule has 7 nitrogen and oxygen atoms in total. The van der Waals surface area contributed by atoms with Crippen LogP contribution in [0.2, 0.25) is 0 Å². The summed E-state index contributed by atoms with van der Waals surface area (Å²) in [6.07, 6.45) is 1.65. The molecule has 6 aromatic rings. The summed E-state index contributed by atoms with van der Waals surface area (Å²) in [6.45, 7) is 1.83. The lowest BCUT2D eigenvalue weighted by molar-refractivity contribution is -0.115. The highest BCUT2D eigenvalue weighted by Crippen LogP contribution is 2.28. The second-order valence-corrected chi connectivity index (χ2v) is 13.3. The van der Waals surface area contributed by atoms with Crippen LogP contribution in [0.25, 0.3) is 28.5 Å². The Labute approximate surface area is 293 Å². The van der Waals surface area contributed by atoms with Gasteiger partial charge in [0.1, 0.15) is 5.70 Å². The lowest BCUT2D eigenvalue weighted by Gasteiger charge is -2.13. The first kappa shape index (κ1) is 33.1. The smallest absolute Gasteiger partial charge is 0.272 e. The van der Waals surface area contributed by atoms with E-state index in [0.717, 1.165) is 32.8 Å². The summed E-state index contributed by atoms with van der Waals surface area (Å²) in [4.78, 5) is 44.9. The maximum absolute atomic E-state index is 13.5. The van der Waals surface area contributed by atoms with Crippen LogP contribution in [0.4, 0.5) is 10.8 Å². The Morgan fingerprint density at radius 1 is 0.694 bits per heavy atom. The summed E-state index contributed by atoms with van der Waals surface area (Å²) < 4.78 is 0. The Bertz CT molecular complexity index is 2060. The fourth-order valence-corrected chi connectivity index (χ4v) is 6.45. The van der Waals surface area contributed by atoms with Crippen LogP contribution in [0.3, 0.4) is 0 Å². The molecule has 1 atom stereocenters. The number of benzene rings is 5. The Morgan fingerprint density at radius 2 is 1.29 bits per heavy atom. The van der Waals surface area contributed by atoms with E-state index in [-0.39, 0.29) is 16.9 Å². The zero-order valence-corrected chi connectivity index (χ0v) is 28.1. The summed E-state index contributed by atoms with van der Waals surface area (Å²) in [5.74, 6) is -1.02. The average molecular weight is 681 g/mol. The van der Waals surface area contributed by atoms with E-state index in [4.69, 9.17) is 0 Å². The van der Waals surface area contributed by atoms with Crippen LogP contribution in [-0.2, 0) is 9.59 Å². The predicted octanol–water partition coefficient (Wildman–Crippen LogP) is 9.01. The standard InChI is InChI=1S/C40H32N4O3S2/c1-27(37(45)44-40-43-36(26-48-40)31-13-7-3-8-14-31)49-34-23-21-33(22-24-34)41-39(47)35(42-38(46)32-15-9-4-10-16-32)25-28-17-19-30(20-18-28)29-11-5-2-6-12-29/h2-27H,1H3,(H,41,47)(H,42,46)(H,43,44,45)/b35-25-. The molecule has 0 radical (unpaired) electrons. The molecule has 0 aliphatic carbocycles. The van der Waals surface area contributed by atoms with Crippen LogP contribution in [0.1, 0.15) is 22.8 Å². The van der Waals surface area contributed by atoms with Crippen molar-refractivity contribution in [2.45, 2.75) is 17.1 Å². The van der Waals surface area contributed by atoms with Gasteiger partial charge in [-0.1, -0.05) is 103 Å². The number of carbonyl (C=O) groups excluding carboxylic acids is 3. The van der Waals surface area contributed by atoms with Crippen LogP contribution in [0.15, 0.2) is 155 Å². The van der Waals surface area contributed by atoms with E-state index in [0.29, 0.717) is 16.4 Å². The Morgan fingerprint density at radius 3 is 1.94 bits per heavy atom. The highest BCUT2D eigenvalue weighted by atomic mass is 32.2. The van der Waals surface area contributed by atoms with Gasteiger partial charge in [-0.15, -0.1) is 23.1 Å². The Kier molecular flexibility index (Phi) is 10.7. The zero-order chi connectivity index (χ0) is 34.0. The lowest BCUT2D eigenvalue weighted by atomic mass is 10.0. The van der Waals surface area contributed by atoms with Crippen molar-refractivity contribution in [1.29, 1.82) is 0 Å². The maximum atomic E-state index is 13.5. The number of hydrogen-bond acceptors (Lipinski definition) is 6. The molecule has 0 aliphatic heterocycles. The summed E-state index contributed by atoms with van der Waals surface area (Å²) in [5.41, 5.74) is 5.77. The maximum Gasteiger partial charge on any atom is 0.272 e. The average Bonchev–Trinajstić information content (AvgIpc) is 3.62. The monoisotopic (exact) mass is 680 g/mol. The molecule has 5 aromatic carbocycles. The van der Waals surface area contributed by atoms with Crippen molar-refractivity contribution >= 4 is 57.7 Å². The lowest BCUT2D eigenvalue weighted by Crippen LogP contribution is -2.30. The number of amides is 3. The van der Waals surface area contributed by atoms with Gasteiger partial charge < -0.3 is 16.0 Å².